The van der Waals surface area contributed by atoms with Gasteiger partial charge in [-0.2, -0.15) is 0 Å². The first-order valence-electron chi connectivity index (χ1n) is 11.1. The number of ether oxygens (including phenoxy) is 1. The molecule has 178 valence electrons. The van der Waals surface area contributed by atoms with E-state index in [9.17, 15) is 9.59 Å². The van der Waals surface area contributed by atoms with Gasteiger partial charge in [0.05, 0.1) is 12.3 Å². The van der Waals surface area contributed by atoms with Crippen LogP contribution in [0.3, 0.4) is 0 Å². The summed E-state index contributed by atoms with van der Waals surface area (Å²) in [5, 5.41) is 14.4. The average molecular weight is 464 g/mol. The van der Waals surface area contributed by atoms with Crippen LogP contribution < -0.4 is 20.9 Å². The molecule has 3 aromatic rings. The maximum atomic E-state index is 11.2. The molecule has 0 spiro atoms. The number of carbonyl (C=O) groups excluding carboxylic acids is 2. The molecule has 0 saturated heterocycles. The molecule has 3 rings (SSSR count). The minimum Gasteiger partial charge on any atom is -0.494 e. The second kappa shape index (κ2) is 12.9. The molecule has 1 heterocycles. The summed E-state index contributed by atoms with van der Waals surface area (Å²) < 4.78 is 5.73. The zero-order valence-electron chi connectivity index (χ0n) is 19.1. The van der Waals surface area contributed by atoms with Crippen molar-refractivity contribution in [3.63, 3.8) is 0 Å². The second-order valence-electron chi connectivity index (χ2n) is 7.72. The molecule has 0 aliphatic rings. The minimum atomic E-state index is -0.361. The van der Waals surface area contributed by atoms with Crippen molar-refractivity contribution >= 4 is 23.5 Å². The summed E-state index contributed by atoms with van der Waals surface area (Å²) in [6.45, 7) is 2.62. The normalized spacial score (nSPS) is 10.4. The van der Waals surface area contributed by atoms with Gasteiger partial charge in [-0.15, -0.1) is 0 Å². The van der Waals surface area contributed by atoms with E-state index in [1.54, 1.807) is 11.7 Å². The summed E-state index contributed by atoms with van der Waals surface area (Å²) in [7, 11) is 0. The highest BCUT2D eigenvalue weighted by atomic mass is 16.5. The van der Waals surface area contributed by atoms with E-state index in [1.807, 2.05) is 54.6 Å². The van der Waals surface area contributed by atoms with Gasteiger partial charge in [-0.25, -0.2) is 15.4 Å². The Labute approximate surface area is 198 Å². The lowest BCUT2D eigenvalue weighted by Crippen LogP contribution is -2.17. The summed E-state index contributed by atoms with van der Waals surface area (Å²) in [6, 6.07) is 17.1. The minimum absolute atomic E-state index is 0.108. The van der Waals surface area contributed by atoms with Crippen molar-refractivity contribution < 1.29 is 19.5 Å². The Morgan fingerprint density at radius 3 is 2.44 bits per heavy atom. The van der Waals surface area contributed by atoms with Gasteiger partial charge in [0, 0.05) is 37.3 Å². The third-order valence-corrected chi connectivity index (χ3v) is 4.97. The molecule has 0 saturated carbocycles. The number of carbonyl (C=O) groups is 2. The molecule has 2 aromatic carbocycles. The highest BCUT2D eigenvalue weighted by Gasteiger charge is 2.04. The monoisotopic (exact) mass is 463 g/mol. The standard InChI is InChI=1S/C25H29N5O4/c1-18(31)28-21-10-8-20(9-11-21)23-14-15-26-25(29-23)27-17-19-6-12-22(13-7-19)34-16-4-2-3-5-24(32)30-33/h6-15,33H,2-5,16-17H2,1H3,(H,28,31)(H,30,32)(H,26,27,29). The fourth-order valence-corrected chi connectivity index (χ4v) is 3.23. The van der Waals surface area contributed by atoms with Crippen molar-refractivity contribution in [3.8, 4) is 17.0 Å². The van der Waals surface area contributed by atoms with E-state index in [4.69, 9.17) is 9.94 Å². The van der Waals surface area contributed by atoms with Crippen LogP contribution >= 0.6 is 0 Å². The number of anilines is 2. The number of rotatable bonds is 12. The number of nitrogens with one attached hydrogen (secondary N) is 3. The Morgan fingerprint density at radius 2 is 1.74 bits per heavy atom. The van der Waals surface area contributed by atoms with E-state index in [0.717, 1.165) is 41.1 Å². The van der Waals surface area contributed by atoms with Crippen LogP contribution in [0.25, 0.3) is 11.3 Å². The number of unbranched alkanes of at least 4 members (excludes halogenated alkanes) is 2. The van der Waals surface area contributed by atoms with E-state index in [1.165, 1.54) is 6.92 Å². The van der Waals surface area contributed by atoms with E-state index in [-0.39, 0.29) is 11.8 Å². The van der Waals surface area contributed by atoms with Gasteiger partial charge in [-0.1, -0.05) is 24.3 Å². The third kappa shape index (κ3) is 8.18. The lowest BCUT2D eigenvalue weighted by molar-refractivity contribution is -0.129. The topological polar surface area (TPSA) is 125 Å². The van der Waals surface area contributed by atoms with Crippen LogP contribution in [-0.4, -0.2) is 33.6 Å². The van der Waals surface area contributed by atoms with E-state index >= 15 is 0 Å². The Kier molecular flexibility index (Phi) is 9.36. The van der Waals surface area contributed by atoms with Gasteiger partial charge in [-0.3, -0.25) is 14.8 Å². The average Bonchev–Trinajstić information content (AvgIpc) is 2.85. The van der Waals surface area contributed by atoms with Crippen molar-refractivity contribution in [3.05, 3.63) is 66.4 Å². The number of hydrogen-bond donors (Lipinski definition) is 4. The number of hydrogen-bond acceptors (Lipinski definition) is 7. The van der Waals surface area contributed by atoms with Gasteiger partial charge in [0.25, 0.3) is 0 Å². The number of amides is 2. The maximum absolute atomic E-state index is 11.2. The van der Waals surface area contributed by atoms with Crippen LogP contribution in [0.15, 0.2) is 60.8 Å². The second-order valence-corrected chi connectivity index (χ2v) is 7.72. The molecule has 0 atom stereocenters. The molecule has 0 bridgehead atoms. The first kappa shape index (κ1) is 24.7. The number of hydroxylamine groups is 1. The fraction of sp³-hybridized carbons (Fsp3) is 0.280. The first-order chi connectivity index (χ1) is 16.5. The van der Waals surface area contributed by atoms with Gasteiger partial charge in [0.1, 0.15) is 5.75 Å². The first-order valence-corrected chi connectivity index (χ1v) is 11.1. The summed E-state index contributed by atoms with van der Waals surface area (Å²) in [5.74, 6) is 0.846. The summed E-state index contributed by atoms with van der Waals surface area (Å²) in [4.78, 5) is 31.0. The van der Waals surface area contributed by atoms with Crippen molar-refractivity contribution in [2.45, 2.75) is 39.2 Å². The van der Waals surface area contributed by atoms with E-state index in [2.05, 4.69) is 20.6 Å². The molecule has 0 aliphatic heterocycles. The lowest BCUT2D eigenvalue weighted by Gasteiger charge is -2.09. The summed E-state index contributed by atoms with van der Waals surface area (Å²) >= 11 is 0. The molecule has 34 heavy (non-hydrogen) atoms. The van der Waals surface area contributed by atoms with Crippen molar-refractivity contribution in [2.75, 3.05) is 17.2 Å². The van der Waals surface area contributed by atoms with Crippen LogP contribution in [0, 0.1) is 0 Å². The quantitative estimate of drug-likeness (QED) is 0.181. The predicted octanol–water partition coefficient (Wildman–Crippen LogP) is 4.16. The number of benzene rings is 2. The maximum Gasteiger partial charge on any atom is 0.243 e. The van der Waals surface area contributed by atoms with E-state index < -0.39 is 0 Å². The molecule has 4 N–H and O–H groups in total. The van der Waals surface area contributed by atoms with Gasteiger partial charge in [-0.05, 0) is 55.2 Å². The zero-order valence-corrected chi connectivity index (χ0v) is 19.1. The van der Waals surface area contributed by atoms with Crippen LogP contribution in [0.5, 0.6) is 5.75 Å². The largest absolute Gasteiger partial charge is 0.494 e. The molecule has 1 aromatic heterocycles. The van der Waals surface area contributed by atoms with Crippen LogP contribution in [0.2, 0.25) is 0 Å². The highest BCUT2D eigenvalue weighted by Crippen LogP contribution is 2.21. The van der Waals surface area contributed by atoms with Gasteiger partial charge >= 0.3 is 0 Å². The number of aromatic nitrogens is 2. The summed E-state index contributed by atoms with van der Waals surface area (Å²) in [6.07, 6.45) is 4.43. The molecular formula is C25H29N5O4. The van der Waals surface area contributed by atoms with Crippen molar-refractivity contribution in [1.82, 2.24) is 15.4 Å². The summed E-state index contributed by atoms with van der Waals surface area (Å²) in [5.41, 5.74) is 5.15. The molecule has 0 radical (unpaired) electrons. The molecule has 9 heteroatoms. The lowest BCUT2D eigenvalue weighted by atomic mass is 10.1. The number of nitrogens with zero attached hydrogens (tertiary/aromatic N) is 2. The van der Waals surface area contributed by atoms with Gasteiger partial charge < -0.3 is 15.4 Å². The Bertz CT molecular complexity index is 1070. The van der Waals surface area contributed by atoms with Crippen molar-refractivity contribution in [2.24, 2.45) is 0 Å². The fourth-order valence-electron chi connectivity index (χ4n) is 3.23. The van der Waals surface area contributed by atoms with Gasteiger partial charge in [0.15, 0.2) is 0 Å². The van der Waals surface area contributed by atoms with Crippen LogP contribution in [0.1, 0.15) is 38.2 Å². The van der Waals surface area contributed by atoms with E-state index in [0.29, 0.717) is 31.9 Å². The Balaban J connectivity index is 1.44. The van der Waals surface area contributed by atoms with Crippen LogP contribution in [-0.2, 0) is 16.1 Å². The SMILES string of the molecule is CC(=O)Nc1ccc(-c2ccnc(NCc3ccc(OCCCCCC(=O)NO)cc3)n2)cc1. The zero-order chi connectivity index (χ0) is 24.2. The third-order valence-electron chi connectivity index (χ3n) is 4.97. The highest BCUT2D eigenvalue weighted by molar-refractivity contribution is 5.88. The van der Waals surface area contributed by atoms with Crippen molar-refractivity contribution in [1.29, 1.82) is 0 Å². The smallest absolute Gasteiger partial charge is 0.243 e. The predicted molar refractivity (Wildman–Crippen MR) is 129 cm³/mol. The molecule has 9 nitrogen and oxygen atoms in total. The van der Waals surface area contributed by atoms with Crippen LogP contribution in [0.4, 0.5) is 11.6 Å². The molecular weight excluding hydrogens is 434 g/mol. The molecule has 0 unspecified atom stereocenters. The molecule has 0 fully saturated rings. The Morgan fingerprint density at radius 1 is 0.971 bits per heavy atom. The Hall–Kier alpha value is -3.98. The molecule has 2 amide bonds. The van der Waals surface area contributed by atoms with Gasteiger partial charge in [0.2, 0.25) is 17.8 Å². The molecule has 0 aliphatic carbocycles.